The summed E-state index contributed by atoms with van der Waals surface area (Å²) < 4.78 is 31.6. The van der Waals surface area contributed by atoms with E-state index in [1.807, 2.05) is 0 Å². The highest BCUT2D eigenvalue weighted by Gasteiger charge is 2.31. The average molecular weight is 299 g/mol. The number of aliphatic carboxylic acids is 1. The zero-order chi connectivity index (χ0) is 14.8. The van der Waals surface area contributed by atoms with Crippen molar-refractivity contribution in [1.82, 2.24) is 4.31 Å². The van der Waals surface area contributed by atoms with Gasteiger partial charge in [0.25, 0.3) is 0 Å². The summed E-state index contributed by atoms with van der Waals surface area (Å²) in [5, 5.41) is 8.69. The molecule has 0 amide bonds. The van der Waals surface area contributed by atoms with E-state index in [0.717, 1.165) is 0 Å². The summed E-state index contributed by atoms with van der Waals surface area (Å²) in [6.45, 7) is 2.91. The van der Waals surface area contributed by atoms with E-state index in [-0.39, 0.29) is 17.4 Å². The van der Waals surface area contributed by atoms with Crippen LogP contribution in [0.3, 0.4) is 0 Å². The Morgan fingerprint density at radius 3 is 2.60 bits per heavy atom. The highest BCUT2D eigenvalue weighted by molar-refractivity contribution is 7.89. The van der Waals surface area contributed by atoms with Crippen molar-refractivity contribution in [3.8, 4) is 0 Å². The fourth-order valence-electron chi connectivity index (χ4n) is 2.16. The molecule has 0 aliphatic carbocycles. The molecule has 1 N–H and O–H groups in total. The first kappa shape index (κ1) is 15.0. The third-order valence-electron chi connectivity index (χ3n) is 3.19. The predicted octanol–water partition coefficient (Wildman–Crippen LogP) is 0.723. The topological polar surface area (TPSA) is 83.9 Å². The lowest BCUT2D eigenvalue weighted by molar-refractivity contribution is -0.136. The molecular weight excluding hydrogens is 282 g/mol. The lowest BCUT2D eigenvalue weighted by atomic mass is 10.2. The summed E-state index contributed by atoms with van der Waals surface area (Å²) in [5.41, 5.74) is 0.575. The molecule has 0 radical (unpaired) electrons. The molecular formula is C13H17NO5S. The van der Waals surface area contributed by atoms with Gasteiger partial charge in [-0.3, -0.25) is 4.79 Å². The van der Waals surface area contributed by atoms with E-state index < -0.39 is 16.0 Å². The van der Waals surface area contributed by atoms with E-state index in [9.17, 15) is 13.2 Å². The van der Waals surface area contributed by atoms with E-state index in [1.54, 1.807) is 6.92 Å². The lowest BCUT2D eigenvalue weighted by Gasteiger charge is -2.32. The van der Waals surface area contributed by atoms with Crippen molar-refractivity contribution in [2.45, 2.75) is 24.3 Å². The fraction of sp³-hybridized carbons (Fsp3) is 0.462. The smallest absolute Gasteiger partial charge is 0.307 e. The number of hydrogen-bond donors (Lipinski definition) is 1. The standard InChI is InChI=1S/C13H17NO5S/c1-10-9-19-7-6-14(10)20(17,18)12-4-2-11(3-5-12)8-13(15)16/h2-5,10H,6-9H2,1H3,(H,15,16). The average Bonchev–Trinajstić information content (AvgIpc) is 2.39. The van der Waals surface area contributed by atoms with Gasteiger partial charge in [0.1, 0.15) is 0 Å². The molecule has 6 nitrogen and oxygen atoms in total. The van der Waals surface area contributed by atoms with Crippen molar-refractivity contribution in [1.29, 1.82) is 0 Å². The number of morpholine rings is 1. The molecule has 0 saturated carbocycles. The van der Waals surface area contributed by atoms with Gasteiger partial charge in [-0.05, 0) is 24.6 Å². The third kappa shape index (κ3) is 3.17. The molecule has 110 valence electrons. The molecule has 0 aromatic heterocycles. The van der Waals surface area contributed by atoms with Gasteiger partial charge < -0.3 is 9.84 Å². The zero-order valence-electron chi connectivity index (χ0n) is 11.2. The second-order valence-electron chi connectivity index (χ2n) is 4.75. The Kier molecular flexibility index (Phi) is 4.42. The quantitative estimate of drug-likeness (QED) is 0.886. The van der Waals surface area contributed by atoms with Crippen LogP contribution in [-0.4, -0.2) is 49.6 Å². The predicted molar refractivity (Wildman–Crippen MR) is 72.0 cm³/mol. The summed E-state index contributed by atoms with van der Waals surface area (Å²) in [6.07, 6.45) is -0.117. The number of hydrogen-bond acceptors (Lipinski definition) is 4. The number of rotatable bonds is 4. The molecule has 1 saturated heterocycles. The van der Waals surface area contributed by atoms with Crippen LogP contribution in [0.2, 0.25) is 0 Å². The minimum absolute atomic E-state index is 0.117. The van der Waals surface area contributed by atoms with E-state index in [2.05, 4.69) is 0 Å². The van der Waals surface area contributed by atoms with Crippen molar-refractivity contribution in [3.05, 3.63) is 29.8 Å². The summed E-state index contributed by atoms with van der Waals surface area (Å²) in [7, 11) is -3.55. The molecule has 1 heterocycles. The normalized spacial score (nSPS) is 20.8. The van der Waals surface area contributed by atoms with Crippen molar-refractivity contribution < 1.29 is 23.1 Å². The van der Waals surface area contributed by atoms with Crippen LogP contribution < -0.4 is 0 Å². The van der Waals surface area contributed by atoms with Crippen LogP contribution in [0.25, 0.3) is 0 Å². The van der Waals surface area contributed by atoms with Crippen molar-refractivity contribution in [2.24, 2.45) is 0 Å². The Balaban J connectivity index is 2.23. The monoisotopic (exact) mass is 299 g/mol. The number of carbonyl (C=O) groups is 1. The number of nitrogens with zero attached hydrogens (tertiary/aromatic N) is 1. The maximum absolute atomic E-state index is 12.5. The molecule has 1 atom stereocenters. The fourth-order valence-corrected chi connectivity index (χ4v) is 3.76. The van der Waals surface area contributed by atoms with E-state index in [1.165, 1.54) is 28.6 Å². The minimum Gasteiger partial charge on any atom is -0.481 e. The molecule has 1 aliphatic heterocycles. The first-order valence-electron chi connectivity index (χ1n) is 6.31. The van der Waals surface area contributed by atoms with Gasteiger partial charge in [0.15, 0.2) is 0 Å². The number of sulfonamides is 1. The lowest BCUT2D eigenvalue weighted by Crippen LogP contribution is -2.46. The largest absolute Gasteiger partial charge is 0.481 e. The van der Waals surface area contributed by atoms with Crippen molar-refractivity contribution in [3.63, 3.8) is 0 Å². The van der Waals surface area contributed by atoms with Gasteiger partial charge in [-0.1, -0.05) is 12.1 Å². The Hall–Kier alpha value is -1.44. The maximum Gasteiger partial charge on any atom is 0.307 e. The second kappa shape index (κ2) is 5.90. The molecule has 0 spiro atoms. The summed E-state index contributed by atoms with van der Waals surface area (Å²) in [4.78, 5) is 10.8. The molecule has 0 bridgehead atoms. The molecule has 1 fully saturated rings. The molecule has 1 unspecified atom stereocenters. The molecule has 20 heavy (non-hydrogen) atoms. The van der Waals surface area contributed by atoms with Crippen LogP contribution in [0.4, 0.5) is 0 Å². The third-order valence-corrected chi connectivity index (χ3v) is 5.22. The van der Waals surface area contributed by atoms with Gasteiger partial charge in [-0.25, -0.2) is 8.42 Å². The summed E-state index contributed by atoms with van der Waals surface area (Å²) in [6, 6.07) is 5.77. The highest BCUT2D eigenvalue weighted by atomic mass is 32.2. The SMILES string of the molecule is CC1COCCN1S(=O)(=O)c1ccc(CC(=O)O)cc1. The van der Waals surface area contributed by atoms with Gasteiger partial charge in [0, 0.05) is 12.6 Å². The van der Waals surface area contributed by atoms with Gasteiger partial charge in [0.05, 0.1) is 24.5 Å². The Morgan fingerprint density at radius 2 is 2.05 bits per heavy atom. The van der Waals surface area contributed by atoms with E-state index in [4.69, 9.17) is 9.84 Å². The minimum atomic E-state index is -3.55. The van der Waals surface area contributed by atoms with Crippen LogP contribution in [0, 0.1) is 0 Å². The summed E-state index contributed by atoms with van der Waals surface area (Å²) in [5.74, 6) is -0.942. The molecule has 1 aromatic carbocycles. The van der Waals surface area contributed by atoms with E-state index in [0.29, 0.717) is 25.3 Å². The summed E-state index contributed by atoms with van der Waals surface area (Å²) >= 11 is 0. The van der Waals surface area contributed by atoms with Crippen molar-refractivity contribution >= 4 is 16.0 Å². The number of carboxylic acid groups (broad SMARTS) is 1. The first-order chi connectivity index (χ1) is 9.41. The molecule has 1 aromatic rings. The Bertz CT molecular complexity index is 581. The van der Waals surface area contributed by atoms with E-state index >= 15 is 0 Å². The van der Waals surface area contributed by atoms with Crippen molar-refractivity contribution in [2.75, 3.05) is 19.8 Å². The molecule has 1 aliphatic rings. The van der Waals surface area contributed by atoms with Crippen LogP contribution in [-0.2, 0) is 26.0 Å². The second-order valence-corrected chi connectivity index (χ2v) is 6.64. The highest BCUT2D eigenvalue weighted by Crippen LogP contribution is 2.21. The zero-order valence-corrected chi connectivity index (χ0v) is 12.0. The van der Waals surface area contributed by atoms with Crippen LogP contribution in [0.5, 0.6) is 0 Å². The van der Waals surface area contributed by atoms with Crippen LogP contribution in [0.15, 0.2) is 29.2 Å². The van der Waals surface area contributed by atoms with Crippen LogP contribution >= 0.6 is 0 Å². The Labute approximate surface area is 118 Å². The first-order valence-corrected chi connectivity index (χ1v) is 7.75. The van der Waals surface area contributed by atoms with Gasteiger partial charge in [-0.2, -0.15) is 4.31 Å². The van der Waals surface area contributed by atoms with Gasteiger partial charge in [0.2, 0.25) is 10.0 Å². The van der Waals surface area contributed by atoms with Gasteiger partial charge >= 0.3 is 5.97 Å². The molecule has 2 rings (SSSR count). The molecule has 7 heteroatoms. The maximum atomic E-state index is 12.5. The number of carboxylic acids is 1. The number of ether oxygens (including phenoxy) is 1. The number of benzene rings is 1. The Morgan fingerprint density at radius 1 is 1.40 bits per heavy atom. The van der Waals surface area contributed by atoms with Gasteiger partial charge in [-0.15, -0.1) is 0 Å². The van der Waals surface area contributed by atoms with Crippen LogP contribution in [0.1, 0.15) is 12.5 Å².